The molecular weight excluding hydrogens is 939 g/mol. The lowest BCUT2D eigenvalue weighted by molar-refractivity contribution is 0.0989. The van der Waals surface area contributed by atoms with Gasteiger partial charge in [-0.05, 0) is 163 Å². The van der Waals surface area contributed by atoms with E-state index in [1.165, 1.54) is 12.1 Å². The number of rotatable bonds is 4. The number of amides is 2. The SMILES string of the molecule is NC(=O)c1ccc(C(N)=O)c(-c2cc(Br)c(Br)c(Br)c2Br)c1-c1cc(Br)c(Br)c(Br)c1Br. The maximum absolute atomic E-state index is 12.5. The number of carbonyl (C=O) groups excluding carboxylic acids is 2. The molecule has 3 rings (SSSR count). The zero-order chi connectivity index (χ0) is 24.1. The van der Waals surface area contributed by atoms with E-state index in [2.05, 4.69) is 127 Å². The average molecular weight is 948 g/mol. The Morgan fingerprint density at radius 3 is 1.12 bits per heavy atom. The molecule has 0 aliphatic carbocycles. The standard InChI is InChI=1S/C20H8Br8N2O2/c21-9-3-7(13(23)17(27)15(9)25)11-5(19(29)31)1-2-6(20(30)32)12(11)8-4-10(22)16(26)18(28)14(8)24/h1-4H,(H2,29,31)(H2,30,32). The minimum Gasteiger partial charge on any atom is -0.366 e. The predicted octanol–water partition coefficient (Wildman–Crippen LogP) is 9.32. The summed E-state index contributed by atoms with van der Waals surface area (Å²) in [6.07, 6.45) is 0. The van der Waals surface area contributed by atoms with Gasteiger partial charge < -0.3 is 11.5 Å². The lowest BCUT2D eigenvalue weighted by atomic mass is 9.86. The predicted molar refractivity (Wildman–Crippen MR) is 156 cm³/mol. The normalized spacial score (nSPS) is 11.0. The zero-order valence-electron chi connectivity index (χ0n) is 15.3. The zero-order valence-corrected chi connectivity index (χ0v) is 28.0. The lowest BCUT2D eigenvalue weighted by Crippen LogP contribution is -2.18. The van der Waals surface area contributed by atoms with E-state index in [-0.39, 0.29) is 11.1 Å². The lowest BCUT2D eigenvalue weighted by Gasteiger charge is -2.21. The number of benzene rings is 3. The van der Waals surface area contributed by atoms with Crippen LogP contribution in [0.25, 0.3) is 22.3 Å². The second-order valence-electron chi connectivity index (χ2n) is 6.33. The molecule has 0 spiro atoms. The summed E-state index contributed by atoms with van der Waals surface area (Å²) in [7, 11) is 0. The van der Waals surface area contributed by atoms with Gasteiger partial charge in [-0.25, -0.2) is 0 Å². The van der Waals surface area contributed by atoms with Crippen molar-refractivity contribution >= 4 is 139 Å². The van der Waals surface area contributed by atoms with Gasteiger partial charge in [0.2, 0.25) is 11.8 Å². The highest BCUT2D eigenvalue weighted by atomic mass is 79.9. The molecule has 0 fully saturated rings. The first-order chi connectivity index (χ1) is 14.9. The van der Waals surface area contributed by atoms with Gasteiger partial charge in [-0.15, -0.1) is 0 Å². The van der Waals surface area contributed by atoms with Gasteiger partial charge in [0, 0.05) is 58.0 Å². The number of primary amides is 2. The Morgan fingerprint density at radius 2 is 0.844 bits per heavy atom. The largest absolute Gasteiger partial charge is 0.366 e. The quantitative estimate of drug-likeness (QED) is 0.202. The van der Waals surface area contributed by atoms with Crippen molar-refractivity contribution in [3.8, 4) is 22.3 Å². The van der Waals surface area contributed by atoms with Crippen LogP contribution < -0.4 is 11.5 Å². The molecule has 32 heavy (non-hydrogen) atoms. The third-order valence-corrected chi connectivity index (χ3v) is 13.8. The van der Waals surface area contributed by atoms with E-state index in [0.29, 0.717) is 40.1 Å². The van der Waals surface area contributed by atoms with Gasteiger partial charge >= 0.3 is 0 Å². The maximum Gasteiger partial charge on any atom is 0.249 e. The molecule has 0 heterocycles. The second kappa shape index (κ2) is 10.6. The van der Waals surface area contributed by atoms with Gasteiger partial charge in [-0.3, -0.25) is 9.59 Å². The molecule has 4 nitrogen and oxygen atoms in total. The molecule has 0 bridgehead atoms. The molecule has 166 valence electrons. The smallest absolute Gasteiger partial charge is 0.249 e. The summed E-state index contributed by atoms with van der Waals surface area (Å²) in [5.74, 6) is -1.30. The Morgan fingerprint density at radius 1 is 0.531 bits per heavy atom. The summed E-state index contributed by atoms with van der Waals surface area (Å²) in [5.41, 5.74) is 14.1. The van der Waals surface area contributed by atoms with Gasteiger partial charge in [0.25, 0.3) is 0 Å². The molecule has 0 saturated heterocycles. The highest BCUT2D eigenvalue weighted by Crippen LogP contribution is 2.50. The minimum absolute atomic E-state index is 0.230. The van der Waals surface area contributed by atoms with E-state index >= 15 is 0 Å². The highest BCUT2D eigenvalue weighted by molar-refractivity contribution is 9.15. The summed E-state index contributed by atoms with van der Waals surface area (Å²) < 4.78 is 5.74. The average Bonchev–Trinajstić information content (AvgIpc) is 2.74. The molecule has 4 N–H and O–H groups in total. The Hall–Kier alpha value is 0.440. The van der Waals surface area contributed by atoms with E-state index in [4.69, 9.17) is 11.5 Å². The summed E-state index contributed by atoms with van der Waals surface area (Å²) in [6, 6.07) is 6.67. The molecular formula is C20H8Br8N2O2. The second-order valence-corrected chi connectivity index (χ2v) is 12.8. The summed E-state index contributed by atoms with van der Waals surface area (Å²) >= 11 is 28.4. The van der Waals surface area contributed by atoms with Gasteiger partial charge in [0.15, 0.2) is 0 Å². The fourth-order valence-electron chi connectivity index (χ4n) is 3.08. The van der Waals surface area contributed by atoms with E-state index in [1.54, 1.807) is 0 Å². The van der Waals surface area contributed by atoms with Crippen molar-refractivity contribution in [3.05, 3.63) is 71.2 Å². The molecule has 3 aromatic rings. The maximum atomic E-state index is 12.5. The molecule has 3 aromatic carbocycles. The van der Waals surface area contributed by atoms with Crippen molar-refractivity contribution < 1.29 is 9.59 Å². The van der Waals surface area contributed by atoms with Gasteiger partial charge in [-0.2, -0.15) is 0 Å². The highest BCUT2D eigenvalue weighted by Gasteiger charge is 2.27. The molecule has 0 unspecified atom stereocenters. The Bertz CT molecular complexity index is 1220. The van der Waals surface area contributed by atoms with Crippen LogP contribution in [-0.4, -0.2) is 11.8 Å². The Labute approximate surface area is 250 Å². The number of carbonyl (C=O) groups is 2. The van der Waals surface area contributed by atoms with Crippen LogP contribution in [0.1, 0.15) is 20.7 Å². The minimum atomic E-state index is -0.648. The van der Waals surface area contributed by atoms with Crippen molar-refractivity contribution in [1.82, 2.24) is 0 Å². The molecule has 0 aromatic heterocycles. The van der Waals surface area contributed by atoms with Crippen molar-refractivity contribution in [2.75, 3.05) is 0 Å². The third-order valence-electron chi connectivity index (χ3n) is 4.48. The molecule has 0 aliphatic heterocycles. The van der Waals surface area contributed by atoms with E-state index in [0.717, 1.165) is 17.9 Å². The first-order valence-corrected chi connectivity index (χ1v) is 14.7. The van der Waals surface area contributed by atoms with Crippen LogP contribution in [0.2, 0.25) is 0 Å². The summed E-state index contributed by atoms with van der Waals surface area (Å²) in [4.78, 5) is 25.0. The fraction of sp³-hybridized carbons (Fsp3) is 0. The first-order valence-electron chi connectivity index (χ1n) is 8.31. The van der Waals surface area contributed by atoms with E-state index < -0.39 is 11.8 Å². The van der Waals surface area contributed by atoms with Crippen molar-refractivity contribution in [2.24, 2.45) is 11.5 Å². The number of nitrogens with two attached hydrogens (primary N) is 2. The van der Waals surface area contributed by atoms with Crippen LogP contribution >= 0.6 is 127 Å². The monoisotopic (exact) mass is 939 g/mol. The van der Waals surface area contributed by atoms with Crippen LogP contribution in [0, 0.1) is 0 Å². The number of hydrogen-bond donors (Lipinski definition) is 2. The summed E-state index contributed by atoms with van der Waals surface area (Å²) in [6.45, 7) is 0. The molecule has 0 saturated carbocycles. The fourth-order valence-corrected chi connectivity index (χ4v) is 7.50. The van der Waals surface area contributed by atoms with Crippen LogP contribution in [0.3, 0.4) is 0 Å². The topological polar surface area (TPSA) is 86.2 Å². The van der Waals surface area contributed by atoms with Crippen LogP contribution in [-0.2, 0) is 0 Å². The van der Waals surface area contributed by atoms with Crippen LogP contribution in [0.5, 0.6) is 0 Å². The van der Waals surface area contributed by atoms with Crippen LogP contribution in [0.15, 0.2) is 60.0 Å². The van der Waals surface area contributed by atoms with E-state index in [9.17, 15) is 9.59 Å². The van der Waals surface area contributed by atoms with Crippen molar-refractivity contribution in [2.45, 2.75) is 0 Å². The Balaban J connectivity index is 2.64. The molecule has 0 atom stereocenters. The molecule has 2 amide bonds. The van der Waals surface area contributed by atoms with Gasteiger partial charge in [-0.1, -0.05) is 0 Å². The Kier molecular flexibility index (Phi) is 8.95. The first kappa shape index (κ1) is 27.0. The summed E-state index contributed by atoms with van der Waals surface area (Å²) in [5, 5.41) is 0. The molecule has 0 radical (unpaired) electrons. The molecule has 12 heteroatoms. The van der Waals surface area contributed by atoms with Gasteiger partial charge in [0.1, 0.15) is 0 Å². The number of hydrogen-bond acceptors (Lipinski definition) is 2. The van der Waals surface area contributed by atoms with Gasteiger partial charge in [0.05, 0.1) is 0 Å². The van der Waals surface area contributed by atoms with Crippen LogP contribution in [0.4, 0.5) is 0 Å². The van der Waals surface area contributed by atoms with Crippen molar-refractivity contribution in [1.29, 1.82) is 0 Å². The third kappa shape index (κ3) is 4.89. The van der Waals surface area contributed by atoms with Crippen molar-refractivity contribution in [3.63, 3.8) is 0 Å². The number of halogens is 8. The molecule has 0 aliphatic rings. The van der Waals surface area contributed by atoms with E-state index in [1.807, 2.05) is 12.1 Å².